The molecule has 0 aliphatic heterocycles. The van der Waals surface area contributed by atoms with E-state index in [0.29, 0.717) is 12.3 Å². The Labute approximate surface area is 263 Å². The molecule has 1 saturated carbocycles. The molecule has 0 spiro atoms. The average Bonchev–Trinajstić information content (AvgIpc) is 3.62. The van der Waals surface area contributed by atoms with Gasteiger partial charge in [-0.25, -0.2) is 12.8 Å². The summed E-state index contributed by atoms with van der Waals surface area (Å²) < 4.78 is 88.9. The minimum atomic E-state index is -5.63. The van der Waals surface area contributed by atoms with Crippen LogP contribution in [0.15, 0.2) is 77.7 Å². The van der Waals surface area contributed by atoms with E-state index in [2.05, 4.69) is 24.5 Å². The van der Waals surface area contributed by atoms with Crippen LogP contribution in [-0.4, -0.2) is 38.9 Å². The first-order valence-corrected chi connectivity index (χ1v) is 16.0. The van der Waals surface area contributed by atoms with E-state index in [1.807, 2.05) is 36.4 Å². The van der Waals surface area contributed by atoms with Gasteiger partial charge >= 0.3 is 5.51 Å². The zero-order chi connectivity index (χ0) is 33.4. The van der Waals surface area contributed by atoms with Gasteiger partial charge in [-0.1, -0.05) is 56.3 Å². The number of allylic oxidation sites excluding steroid dienone is 1. The first-order valence-electron chi connectivity index (χ1n) is 14.5. The number of fused-ring (bicyclic) bond motifs is 2. The molecule has 0 saturated heterocycles. The summed E-state index contributed by atoms with van der Waals surface area (Å²) in [5, 5.41) is 5.36. The van der Waals surface area contributed by atoms with E-state index in [9.17, 15) is 35.6 Å². The molecule has 5 rings (SSSR count). The highest BCUT2D eigenvalue weighted by atomic mass is 32.2. The minimum absolute atomic E-state index is 0.0231. The zero-order valence-corrected chi connectivity index (χ0v) is 25.9. The van der Waals surface area contributed by atoms with Crippen LogP contribution in [0.2, 0.25) is 0 Å². The molecule has 2 N–H and O–H groups in total. The van der Waals surface area contributed by atoms with Crippen LogP contribution in [0, 0.1) is 23.6 Å². The lowest BCUT2D eigenvalue weighted by atomic mass is 9.87. The van der Waals surface area contributed by atoms with Gasteiger partial charge in [0.25, 0.3) is 15.7 Å². The molecule has 8 nitrogen and oxygen atoms in total. The normalized spacial score (nSPS) is 20.5. The smallest absolute Gasteiger partial charge is 0.496 e. The molecule has 4 atom stereocenters. The molecule has 244 valence electrons. The predicted octanol–water partition coefficient (Wildman–Crippen LogP) is 6.39. The third-order valence-electron chi connectivity index (χ3n) is 8.32. The summed E-state index contributed by atoms with van der Waals surface area (Å²) in [4.78, 5) is 26.0. The van der Waals surface area contributed by atoms with Gasteiger partial charge in [0.1, 0.15) is 12.4 Å². The van der Waals surface area contributed by atoms with Gasteiger partial charge in [-0.05, 0) is 59.6 Å². The minimum Gasteiger partial charge on any atom is -0.496 e. The summed E-state index contributed by atoms with van der Waals surface area (Å²) in [6.07, 6.45) is 4.24. The second-order valence-electron chi connectivity index (χ2n) is 11.6. The number of methoxy groups -OCH3 is 1. The molecule has 2 aliphatic carbocycles. The van der Waals surface area contributed by atoms with Crippen LogP contribution >= 0.6 is 0 Å². The number of rotatable bonds is 10. The largest absolute Gasteiger partial charge is 0.501 e. The lowest BCUT2D eigenvalue weighted by Gasteiger charge is -2.28. The first kappa shape index (κ1) is 33.0. The number of ether oxygens (including phenoxy) is 2. The number of hydrogen-bond donors (Lipinski definition) is 2. The molecule has 0 unspecified atom stereocenters. The third kappa shape index (κ3) is 6.60. The maximum absolute atomic E-state index is 14.9. The van der Waals surface area contributed by atoms with Crippen LogP contribution in [0.1, 0.15) is 47.7 Å². The number of halogens is 4. The van der Waals surface area contributed by atoms with E-state index < -0.39 is 49.8 Å². The quantitative estimate of drug-likeness (QED) is 0.193. The van der Waals surface area contributed by atoms with Crippen molar-refractivity contribution in [2.45, 2.75) is 49.2 Å². The number of carbonyl (C=O) groups excluding carboxylic acids is 2. The third-order valence-corrected chi connectivity index (χ3v) is 9.80. The topological polar surface area (TPSA) is 111 Å². The number of hydrogen-bond acceptors (Lipinski definition) is 6. The van der Waals surface area contributed by atoms with Gasteiger partial charge in [-0.2, -0.15) is 13.2 Å². The lowest BCUT2D eigenvalue weighted by molar-refractivity contribution is -0.121. The molecule has 0 radical (unpaired) electrons. The Balaban J connectivity index is 1.33. The van der Waals surface area contributed by atoms with Crippen molar-refractivity contribution in [3.63, 3.8) is 0 Å². The summed E-state index contributed by atoms with van der Waals surface area (Å²) in [5.41, 5.74) is -3.73. The van der Waals surface area contributed by atoms with Gasteiger partial charge in [0.2, 0.25) is 5.91 Å². The van der Waals surface area contributed by atoms with Crippen molar-refractivity contribution in [1.29, 1.82) is 0 Å². The Morgan fingerprint density at radius 3 is 2.33 bits per heavy atom. The molecule has 13 heteroatoms. The van der Waals surface area contributed by atoms with Gasteiger partial charge in [0.05, 0.1) is 23.5 Å². The number of anilines is 1. The summed E-state index contributed by atoms with van der Waals surface area (Å²) in [5.74, 6) is -3.20. The standard InChI is InChI=1S/C33H32F4N2O6S/c1-18(2)20-9-7-19(8-10-20)17-45-28-15-25(27(44-3)16-26(28)34)31(40)39-30-22-12-11-21(13-22)29(30)32(41)38-23-5-4-6-24(14-23)46(42,43)33(35,36)37/h4-12,14-16,18,21-22,29-30H,13,17H2,1-3H3,(H,38,41)(H,39,40)/t21-,22+,29+,30-/m1/s1. The van der Waals surface area contributed by atoms with Crippen LogP contribution in [-0.2, 0) is 21.2 Å². The molecule has 2 bridgehead atoms. The van der Waals surface area contributed by atoms with E-state index in [-0.39, 0.29) is 41.2 Å². The van der Waals surface area contributed by atoms with Crippen molar-refractivity contribution in [3.05, 3.63) is 95.3 Å². The molecule has 3 aromatic carbocycles. The van der Waals surface area contributed by atoms with Crippen LogP contribution < -0.4 is 20.1 Å². The predicted molar refractivity (Wildman–Crippen MR) is 162 cm³/mol. The number of alkyl halides is 3. The van der Waals surface area contributed by atoms with Gasteiger partial charge < -0.3 is 20.1 Å². The van der Waals surface area contributed by atoms with Gasteiger partial charge in [0, 0.05) is 17.8 Å². The van der Waals surface area contributed by atoms with E-state index in [4.69, 9.17) is 9.47 Å². The summed E-state index contributed by atoms with van der Waals surface area (Å²) >= 11 is 0. The van der Waals surface area contributed by atoms with E-state index >= 15 is 0 Å². The molecule has 0 heterocycles. The van der Waals surface area contributed by atoms with Crippen molar-refractivity contribution in [2.75, 3.05) is 12.4 Å². The average molecular weight is 661 g/mol. The summed E-state index contributed by atoms with van der Waals surface area (Å²) in [7, 11) is -4.34. The van der Waals surface area contributed by atoms with Crippen LogP contribution in [0.4, 0.5) is 23.2 Å². The maximum atomic E-state index is 14.9. The molecule has 2 amide bonds. The fraction of sp³-hybridized carbons (Fsp3) is 0.333. The van der Waals surface area contributed by atoms with E-state index in [1.54, 1.807) is 0 Å². The Kier molecular flexibility index (Phi) is 9.16. The summed E-state index contributed by atoms with van der Waals surface area (Å²) in [6, 6.07) is 13.1. The van der Waals surface area contributed by atoms with Gasteiger partial charge in [0.15, 0.2) is 11.6 Å². The molecular formula is C33H32F4N2O6S. The SMILES string of the molecule is COc1cc(F)c(OCc2ccc(C(C)C)cc2)cc1C(=O)N[C@H]1[C@@H](C(=O)Nc2cccc(S(=O)(=O)C(F)(F)F)c2)[C@@H]2C=C[C@H]1C2. The van der Waals surface area contributed by atoms with Crippen LogP contribution in [0.25, 0.3) is 0 Å². The first-order chi connectivity index (χ1) is 21.7. The highest BCUT2D eigenvalue weighted by molar-refractivity contribution is 7.92. The van der Waals surface area contributed by atoms with Crippen molar-refractivity contribution < 1.29 is 45.0 Å². The van der Waals surface area contributed by atoms with Gasteiger partial charge in [-0.3, -0.25) is 9.59 Å². The number of benzene rings is 3. The second-order valence-corrected chi connectivity index (χ2v) is 13.5. The maximum Gasteiger partial charge on any atom is 0.501 e. The van der Waals surface area contributed by atoms with E-state index in [0.717, 1.165) is 35.4 Å². The molecule has 2 aliphatic rings. The molecule has 0 aromatic heterocycles. The van der Waals surface area contributed by atoms with Crippen LogP contribution in [0.3, 0.4) is 0 Å². The number of sulfone groups is 1. The number of amides is 2. The summed E-state index contributed by atoms with van der Waals surface area (Å²) in [6.45, 7) is 4.19. The van der Waals surface area contributed by atoms with Crippen molar-refractivity contribution in [1.82, 2.24) is 5.32 Å². The van der Waals surface area contributed by atoms with E-state index in [1.165, 1.54) is 19.2 Å². The zero-order valence-electron chi connectivity index (χ0n) is 25.1. The molecular weight excluding hydrogens is 628 g/mol. The highest BCUT2D eigenvalue weighted by Crippen LogP contribution is 2.45. The Bertz CT molecular complexity index is 1770. The van der Waals surface area contributed by atoms with Gasteiger partial charge in [-0.15, -0.1) is 0 Å². The molecule has 46 heavy (non-hydrogen) atoms. The second kappa shape index (κ2) is 12.8. The van der Waals surface area contributed by atoms with Crippen molar-refractivity contribution in [2.24, 2.45) is 17.8 Å². The molecule has 3 aromatic rings. The number of carbonyl (C=O) groups is 2. The Morgan fingerprint density at radius 2 is 1.67 bits per heavy atom. The van der Waals surface area contributed by atoms with Crippen LogP contribution in [0.5, 0.6) is 11.5 Å². The monoisotopic (exact) mass is 660 g/mol. The Morgan fingerprint density at radius 1 is 0.978 bits per heavy atom. The number of nitrogens with one attached hydrogen (secondary N) is 2. The fourth-order valence-electron chi connectivity index (χ4n) is 5.86. The van der Waals surface area contributed by atoms with Crippen molar-refractivity contribution in [3.8, 4) is 11.5 Å². The lowest BCUT2D eigenvalue weighted by Crippen LogP contribution is -2.47. The van der Waals surface area contributed by atoms with Crippen molar-refractivity contribution >= 4 is 27.3 Å². The Hall–Kier alpha value is -4.39. The molecule has 1 fully saturated rings. The highest BCUT2D eigenvalue weighted by Gasteiger charge is 2.49. The fourth-order valence-corrected chi connectivity index (χ4v) is 6.66.